The lowest BCUT2D eigenvalue weighted by Crippen LogP contribution is -2.22. The molecule has 0 atom stereocenters. The van der Waals surface area contributed by atoms with Gasteiger partial charge in [0.1, 0.15) is 0 Å². The molecule has 0 bridgehead atoms. The van der Waals surface area contributed by atoms with E-state index in [-0.39, 0.29) is 18.1 Å². The second-order valence-corrected chi connectivity index (χ2v) is 6.07. The minimum absolute atomic E-state index is 0.0660. The fraction of sp³-hybridized carbons (Fsp3) is 1.00. The first-order valence-electron chi connectivity index (χ1n) is 4.95. The molecule has 0 heterocycles. The molecule has 1 rings (SSSR count). The van der Waals surface area contributed by atoms with Crippen molar-refractivity contribution >= 4 is 9.84 Å². The highest BCUT2D eigenvalue weighted by molar-refractivity contribution is 7.91. The van der Waals surface area contributed by atoms with Crippen molar-refractivity contribution in [3.63, 3.8) is 0 Å². The molecule has 13 heavy (non-hydrogen) atoms. The number of hydrogen-bond donors (Lipinski definition) is 1. The standard InChI is InChI=1S/C9H18O3S/c10-6-7-13(11,12)8-9-4-2-1-3-5-9/h9-10H,1-8H2. The van der Waals surface area contributed by atoms with Gasteiger partial charge in [0, 0.05) is 0 Å². The smallest absolute Gasteiger partial charge is 0.152 e. The van der Waals surface area contributed by atoms with Crippen LogP contribution < -0.4 is 0 Å². The van der Waals surface area contributed by atoms with Crippen molar-refractivity contribution in [3.8, 4) is 0 Å². The van der Waals surface area contributed by atoms with Gasteiger partial charge in [-0.2, -0.15) is 0 Å². The summed E-state index contributed by atoms with van der Waals surface area (Å²) in [7, 11) is -2.98. The highest BCUT2D eigenvalue weighted by atomic mass is 32.2. The normalized spacial score (nSPS) is 20.4. The molecule has 0 saturated heterocycles. The molecule has 3 nitrogen and oxygen atoms in total. The monoisotopic (exact) mass is 206 g/mol. The lowest BCUT2D eigenvalue weighted by atomic mass is 9.91. The lowest BCUT2D eigenvalue weighted by Gasteiger charge is -2.20. The largest absolute Gasteiger partial charge is 0.395 e. The van der Waals surface area contributed by atoms with Crippen LogP contribution in [-0.4, -0.2) is 31.6 Å². The molecule has 4 heteroatoms. The highest BCUT2D eigenvalue weighted by Crippen LogP contribution is 2.24. The van der Waals surface area contributed by atoms with Gasteiger partial charge < -0.3 is 5.11 Å². The topological polar surface area (TPSA) is 54.4 Å². The Bertz CT molecular complexity index is 227. The third kappa shape index (κ3) is 4.09. The maximum Gasteiger partial charge on any atom is 0.152 e. The lowest BCUT2D eigenvalue weighted by molar-refractivity contribution is 0.318. The summed E-state index contributed by atoms with van der Waals surface area (Å²) in [6, 6.07) is 0. The van der Waals surface area contributed by atoms with Crippen molar-refractivity contribution in [1.82, 2.24) is 0 Å². The molecule has 1 fully saturated rings. The van der Waals surface area contributed by atoms with E-state index in [1.54, 1.807) is 0 Å². The first-order chi connectivity index (χ1) is 6.14. The third-order valence-electron chi connectivity index (χ3n) is 2.62. The number of rotatable bonds is 4. The molecule has 0 radical (unpaired) electrons. The van der Waals surface area contributed by atoms with Crippen molar-refractivity contribution in [2.75, 3.05) is 18.1 Å². The fourth-order valence-corrected chi connectivity index (χ4v) is 3.43. The van der Waals surface area contributed by atoms with Gasteiger partial charge in [0.05, 0.1) is 18.1 Å². The molecule has 1 saturated carbocycles. The molecular formula is C9H18O3S. The molecule has 1 aliphatic carbocycles. The fourth-order valence-electron chi connectivity index (χ4n) is 1.94. The van der Waals surface area contributed by atoms with Crippen molar-refractivity contribution in [1.29, 1.82) is 0 Å². The van der Waals surface area contributed by atoms with Crippen molar-refractivity contribution in [2.24, 2.45) is 5.92 Å². The molecule has 78 valence electrons. The van der Waals surface area contributed by atoms with Gasteiger partial charge in [-0.15, -0.1) is 0 Å². The van der Waals surface area contributed by atoms with Gasteiger partial charge >= 0.3 is 0 Å². The van der Waals surface area contributed by atoms with E-state index in [1.165, 1.54) is 19.3 Å². The quantitative estimate of drug-likeness (QED) is 0.746. The van der Waals surface area contributed by atoms with Crippen LogP contribution in [0.3, 0.4) is 0 Å². The Hall–Kier alpha value is -0.0900. The summed E-state index contributed by atoms with van der Waals surface area (Å²) >= 11 is 0. The van der Waals surface area contributed by atoms with Crippen LogP contribution in [0, 0.1) is 5.92 Å². The Morgan fingerprint density at radius 3 is 2.31 bits per heavy atom. The Labute approximate surface area is 80.1 Å². The van der Waals surface area contributed by atoms with Crippen LogP contribution in [0.1, 0.15) is 32.1 Å². The van der Waals surface area contributed by atoms with Crippen molar-refractivity contribution < 1.29 is 13.5 Å². The number of aliphatic hydroxyl groups is 1. The van der Waals surface area contributed by atoms with Gasteiger partial charge in [-0.05, 0) is 18.8 Å². The van der Waals surface area contributed by atoms with Gasteiger partial charge in [0.15, 0.2) is 9.84 Å². The van der Waals surface area contributed by atoms with E-state index in [9.17, 15) is 8.42 Å². The van der Waals surface area contributed by atoms with Crippen LogP contribution in [0.15, 0.2) is 0 Å². The maximum absolute atomic E-state index is 11.3. The van der Waals surface area contributed by atoms with E-state index in [0.29, 0.717) is 5.92 Å². The van der Waals surface area contributed by atoms with Crippen LogP contribution in [0.4, 0.5) is 0 Å². The molecule has 0 aromatic rings. The molecule has 0 unspecified atom stereocenters. The molecule has 1 aliphatic rings. The summed E-state index contributed by atoms with van der Waals surface area (Å²) in [5.74, 6) is 0.571. The van der Waals surface area contributed by atoms with E-state index in [4.69, 9.17) is 5.11 Å². The number of hydrogen-bond acceptors (Lipinski definition) is 3. The zero-order valence-electron chi connectivity index (χ0n) is 7.91. The van der Waals surface area contributed by atoms with E-state index in [1.807, 2.05) is 0 Å². The van der Waals surface area contributed by atoms with Crippen LogP contribution in [0.5, 0.6) is 0 Å². The highest BCUT2D eigenvalue weighted by Gasteiger charge is 2.20. The molecule has 1 N–H and O–H groups in total. The average molecular weight is 206 g/mol. The predicted molar refractivity (Wildman–Crippen MR) is 52.3 cm³/mol. The SMILES string of the molecule is O=S(=O)(CCO)CC1CCCCC1. The molecule has 0 amide bonds. The third-order valence-corrected chi connectivity index (χ3v) is 4.40. The second-order valence-electron chi connectivity index (χ2n) is 3.84. The minimum atomic E-state index is -2.98. The zero-order chi connectivity index (χ0) is 9.73. The van der Waals surface area contributed by atoms with Gasteiger partial charge in [-0.1, -0.05) is 19.3 Å². The summed E-state index contributed by atoms with van der Waals surface area (Å²) in [4.78, 5) is 0. The molecule has 0 spiro atoms. The second kappa shape index (κ2) is 4.96. The van der Waals surface area contributed by atoms with E-state index < -0.39 is 9.84 Å². The van der Waals surface area contributed by atoms with Crippen molar-refractivity contribution in [3.05, 3.63) is 0 Å². The summed E-state index contributed by atoms with van der Waals surface area (Å²) in [5, 5.41) is 8.55. The molecular weight excluding hydrogens is 188 g/mol. The van der Waals surface area contributed by atoms with Gasteiger partial charge in [-0.3, -0.25) is 0 Å². The van der Waals surface area contributed by atoms with Gasteiger partial charge in [-0.25, -0.2) is 8.42 Å². The molecule has 0 aliphatic heterocycles. The molecule has 0 aromatic heterocycles. The van der Waals surface area contributed by atoms with E-state index in [2.05, 4.69) is 0 Å². The first-order valence-corrected chi connectivity index (χ1v) is 6.77. The number of aliphatic hydroxyl groups excluding tert-OH is 1. The van der Waals surface area contributed by atoms with E-state index >= 15 is 0 Å². The summed E-state index contributed by atoms with van der Waals surface area (Å²) in [6.45, 7) is -0.241. The van der Waals surface area contributed by atoms with E-state index in [0.717, 1.165) is 12.8 Å². The van der Waals surface area contributed by atoms with Crippen LogP contribution in [0.25, 0.3) is 0 Å². The maximum atomic E-state index is 11.3. The Morgan fingerprint density at radius 1 is 1.15 bits per heavy atom. The summed E-state index contributed by atoms with van der Waals surface area (Å²) in [6.07, 6.45) is 5.67. The van der Waals surface area contributed by atoms with Crippen molar-refractivity contribution in [2.45, 2.75) is 32.1 Å². The number of sulfone groups is 1. The van der Waals surface area contributed by atoms with Crippen LogP contribution in [-0.2, 0) is 9.84 Å². The average Bonchev–Trinajstić information content (AvgIpc) is 2.04. The predicted octanol–water partition coefficient (Wildman–Crippen LogP) is 0.974. The zero-order valence-corrected chi connectivity index (χ0v) is 8.72. The summed E-state index contributed by atoms with van der Waals surface area (Å²) in [5.41, 5.74) is 0. The first kappa shape index (κ1) is 11.0. The van der Waals surface area contributed by atoms with Crippen LogP contribution >= 0.6 is 0 Å². The van der Waals surface area contributed by atoms with Crippen LogP contribution in [0.2, 0.25) is 0 Å². The van der Waals surface area contributed by atoms with Gasteiger partial charge in [0.25, 0.3) is 0 Å². The Kier molecular flexibility index (Phi) is 4.19. The minimum Gasteiger partial charge on any atom is -0.395 e. The van der Waals surface area contributed by atoms with Gasteiger partial charge in [0.2, 0.25) is 0 Å². The Balaban J connectivity index is 2.37. The molecule has 0 aromatic carbocycles. The Morgan fingerprint density at radius 2 is 1.77 bits per heavy atom. The summed E-state index contributed by atoms with van der Waals surface area (Å²) < 4.78 is 22.7.